The van der Waals surface area contributed by atoms with Crippen LogP contribution in [0.1, 0.15) is 28.4 Å². The molecule has 0 amide bonds. The number of hydrogen-bond acceptors (Lipinski definition) is 4. The van der Waals surface area contributed by atoms with Gasteiger partial charge >= 0.3 is 12.6 Å². The first-order valence-corrected chi connectivity index (χ1v) is 5.13. The lowest BCUT2D eigenvalue weighted by atomic mass is 10.0. The molecule has 1 aromatic carbocycles. The summed E-state index contributed by atoms with van der Waals surface area (Å²) in [7, 11) is 1.14. The average molecular weight is 255 g/mol. The van der Waals surface area contributed by atoms with Gasteiger partial charge in [0.2, 0.25) is 0 Å². The predicted molar refractivity (Wildman–Crippen MR) is 58.5 cm³/mol. The molecular formula is C12H11F2NO3. The number of alkyl halides is 2. The quantitative estimate of drug-likeness (QED) is 0.775. The fourth-order valence-electron chi connectivity index (χ4n) is 1.48. The van der Waals surface area contributed by atoms with E-state index in [9.17, 15) is 13.6 Å². The number of carbonyl (C=O) groups excluding carboxylic acids is 1. The molecule has 0 aliphatic heterocycles. The molecule has 0 aliphatic rings. The summed E-state index contributed by atoms with van der Waals surface area (Å²) >= 11 is 0. The predicted octanol–water partition coefficient (Wildman–Crippen LogP) is 2.51. The van der Waals surface area contributed by atoms with Gasteiger partial charge in [0.1, 0.15) is 11.8 Å². The molecule has 0 N–H and O–H groups in total. The highest BCUT2D eigenvalue weighted by molar-refractivity contribution is 5.92. The summed E-state index contributed by atoms with van der Waals surface area (Å²) in [5, 5.41) is 8.91. The molecule has 1 aromatic rings. The van der Waals surface area contributed by atoms with Crippen LogP contribution in [0.3, 0.4) is 0 Å². The van der Waals surface area contributed by atoms with E-state index in [4.69, 9.17) is 5.26 Å². The number of halogens is 2. The first kappa shape index (κ1) is 13.9. The van der Waals surface area contributed by atoms with E-state index in [1.807, 2.05) is 6.07 Å². The Morgan fingerprint density at radius 2 is 2.17 bits per heavy atom. The molecule has 0 saturated carbocycles. The van der Waals surface area contributed by atoms with Crippen LogP contribution in [-0.4, -0.2) is 19.7 Å². The maximum atomic E-state index is 12.2. The Morgan fingerprint density at radius 1 is 1.50 bits per heavy atom. The molecule has 0 radical (unpaired) electrons. The number of rotatable bonds is 4. The zero-order chi connectivity index (χ0) is 13.7. The summed E-state index contributed by atoms with van der Waals surface area (Å²) in [5.41, 5.74) is 0.410. The van der Waals surface area contributed by atoms with Gasteiger partial charge in [0, 0.05) is 0 Å². The van der Waals surface area contributed by atoms with Crippen LogP contribution < -0.4 is 4.74 Å². The van der Waals surface area contributed by atoms with E-state index < -0.39 is 12.6 Å². The van der Waals surface area contributed by atoms with Gasteiger partial charge in [0.25, 0.3) is 0 Å². The van der Waals surface area contributed by atoms with Crippen LogP contribution in [0.4, 0.5) is 8.78 Å². The van der Waals surface area contributed by atoms with E-state index in [0.29, 0.717) is 12.0 Å². The van der Waals surface area contributed by atoms with Crippen molar-refractivity contribution in [2.75, 3.05) is 7.11 Å². The number of hydrogen-bond donors (Lipinski definition) is 0. The van der Waals surface area contributed by atoms with E-state index in [1.54, 1.807) is 6.92 Å². The molecule has 4 nitrogen and oxygen atoms in total. The number of carbonyl (C=O) groups is 1. The highest BCUT2D eigenvalue weighted by Crippen LogP contribution is 2.26. The third-order valence-electron chi connectivity index (χ3n) is 2.32. The fourth-order valence-corrected chi connectivity index (χ4v) is 1.48. The Labute approximate surface area is 103 Å². The highest BCUT2D eigenvalue weighted by atomic mass is 19.3. The number of ether oxygens (including phenoxy) is 2. The van der Waals surface area contributed by atoms with Gasteiger partial charge in [-0.25, -0.2) is 4.79 Å². The lowest BCUT2D eigenvalue weighted by Gasteiger charge is -2.12. The van der Waals surface area contributed by atoms with Crippen molar-refractivity contribution >= 4 is 5.97 Å². The third kappa shape index (κ3) is 2.94. The van der Waals surface area contributed by atoms with Crippen LogP contribution >= 0.6 is 0 Å². The standard InChI is InChI=1S/C12H11F2NO3/c1-3-7-4-8(6-15)9(11(16)17-2)5-10(7)18-12(13)14/h4-5,12H,3H2,1-2H3. The second-order valence-corrected chi connectivity index (χ2v) is 3.34. The summed E-state index contributed by atoms with van der Waals surface area (Å²) in [5.74, 6) is -0.889. The van der Waals surface area contributed by atoms with Gasteiger partial charge in [-0.05, 0) is 24.1 Å². The van der Waals surface area contributed by atoms with Crippen molar-refractivity contribution in [3.63, 3.8) is 0 Å². The normalized spacial score (nSPS) is 10.0. The molecule has 0 heterocycles. The molecule has 18 heavy (non-hydrogen) atoms. The zero-order valence-corrected chi connectivity index (χ0v) is 9.87. The third-order valence-corrected chi connectivity index (χ3v) is 2.32. The van der Waals surface area contributed by atoms with Gasteiger partial charge in [-0.3, -0.25) is 0 Å². The molecule has 0 bridgehead atoms. The molecule has 0 atom stereocenters. The molecule has 0 spiro atoms. The van der Waals surface area contributed by atoms with Crippen molar-refractivity contribution in [3.05, 3.63) is 28.8 Å². The van der Waals surface area contributed by atoms with Gasteiger partial charge in [-0.2, -0.15) is 14.0 Å². The smallest absolute Gasteiger partial charge is 0.387 e. The first-order chi connectivity index (χ1) is 8.53. The molecule has 0 fully saturated rings. The van der Waals surface area contributed by atoms with Crippen LogP contribution in [0.15, 0.2) is 12.1 Å². The molecule has 96 valence electrons. The molecular weight excluding hydrogens is 244 g/mol. The Hall–Kier alpha value is -2.16. The Kier molecular flexibility index (Phi) is 4.60. The van der Waals surface area contributed by atoms with Gasteiger partial charge in [-0.15, -0.1) is 0 Å². The Balaban J connectivity index is 3.35. The van der Waals surface area contributed by atoms with Gasteiger partial charge in [0.05, 0.1) is 18.2 Å². The van der Waals surface area contributed by atoms with Crippen molar-refractivity contribution in [1.82, 2.24) is 0 Å². The summed E-state index contributed by atoms with van der Waals surface area (Å²) < 4.78 is 33.3. The Morgan fingerprint density at radius 3 is 2.61 bits per heavy atom. The maximum Gasteiger partial charge on any atom is 0.387 e. The Bertz CT molecular complexity index is 495. The molecule has 0 aromatic heterocycles. The van der Waals surface area contributed by atoms with Crippen molar-refractivity contribution in [1.29, 1.82) is 5.26 Å². The number of esters is 1. The SMILES string of the molecule is CCc1cc(C#N)c(C(=O)OC)cc1OC(F)F. The number of aryl methyl sites for hydroxylation is 1. The van der Waals surface area contributed by atoms with Crippen LogP contribution in [0, 0.1) is 11.3 Å². The summed E-state index contributed by atoms with van der Waals surface area (Å²) in [6.07, 6.45) is 0.401. The van der Waals surface area contributed by atoms with Crippen LogP contribution in [0.2, 0.25) is 0 Å². The zero-order valence-electron chi connectivity index (χ0n) is 9.87. The monoisotopic (exact) mass is 255 g/mol. The first-order valence-electron chi connectivity index (χ1n) is 5.13. The lowest BCUT2D eigenvalue weighted by Crippen LogP contribution is -2.09. The van der Waals surface area contributed by atoms with Crippen LogP contribution in [0.5, 0.6) is 5.75 Å². The van der Waals surface area contributed by atoms with Crippen LogP contribution in [0.25, 0.3) is 0 Å². The fraction of sp³-hybridized carbons (Fsp3) is 0.333. The lowest BCUT2D eigenvalue weighted by molar-refractivity contribution is -0.0505. The second-order valence-electron chi connectivity index (χ2n) is 3.34. The minimum absolute atomic E-state index is 0.0697. The van der Waals surface area contributed by atoms with Gasteiger partial charge in [-0.1, -0.05) is 6.92 Å². The van der Waals surface area contributed by atoms with E-state index in [-0.39, 0.29) is 16.9 Å². The number of nitriles is 1. The van der Waals surface area contributed by atoms with Crippen molar-refractivity contribution < 1.29 is 23.0 Å². The minimum Gasteiger partial charge on any atom is -0.465 e. The highest BCUT2D eigenvalue weighted by Gasteiger charge is 2.18. The van der Waals surface area contributed by atoms with Crippen molar-refractivity contribution in [3.8, 4) is 11.8 Å². The number of benzene rings is 1. The largest absolute Gasteiger partial charge is 0.465 e. The average Bonchev–Trinajstić information content (AvgIpc) is 2.36. The molecule has 1 rings (SSSR count). The molecule has 0 unspecified atom stereocenters. The van der Waals surface area contributed by atoms with E-state index in [1.165, 1.54) is 6.07 Å². The number of methoxy groups -OCH3 is 1. The maximum absolute atomic E-state index is 12.2. The second kappa shape index (κ2) is 5.96. The summed E-state index contributed by atoms with van der Waals surface area (Å²) in [6, 6.07) is 4.28. The number of nitrogens with zero attached hydrogens (tertiary/aromatic N) is 1. The molecule has 6 heteroatoms. The summed E-state index contributed by atoms with van der Waals surface area (Å²) in [6.45, 7) is -1.26. The molecule has 0 saturated heterocycles. The minimum atomic E-state index is -2.99. The van der Waals surface area contributed by atoms with Gasteiger partial charge in [0.15, 0.2) is 0 Å². The van der Waals surface area contributed by atoms with Crippen LogP contribution in [-0.2, 0) is 11.2 Å². The van der Waals surface area contributed by atoms with Gasteiger partial charge < -0.3 is 9.47 Å². The van der Waals surface area contributed by atoms with E-state index in [2.05, 4.69) is 9.47 Å². The van der Waals surface area contributed by atoms with Crippen molar-refractivity contribution in [2.45, 2.75) is 20.0 Å². The van der Waals surface area contributed by atoms with Crippen molar-refractivity contribution in [2.24, 2.45) is 0 Å². The van der Waals surface area contributed by atoms with E-state index >= 15 is 0 Å². The van der Waals surface area contributed by atoms with E-state index in [0.717, 1.165) is 13.2 Å². The summed E-state index contributed by atoms with van der Waals surface area (Å²) in [4.78, 5) is 11.4. The topological polar surface area (TPSA) is 59.3 Å². The molecule has 0 aliphatic carbocycles.